The maximum atomic E-state index is 14.2. The molecular weight excluding hydrogens is 325 g/mol. The lowest BCUT2D eigenvalue weighted by Gasteiger charge is -2.16. The minimum Gasteiger partial charge on any atom is -0.497 e. The molecule has 0 saturated carbocycles. The summed E-state index contributed by atoms with van der Waals surface area (Å²) in [7, 11) is 1.56. The second kappa shape index (κ2) is 7.80. The van der Waals surface area contributed by atoms with Crippen LogP contribution in [0.2, 0.25) is 0 Å². The van der Waals surface area contributed by atoms with Crippen LogP contribution in [-0.4, -0.2) is 30.6 Å². The predicted molar refractivity (Wildman–Crippen MR) is 95.9 cm³/mol. The van der Waals surface area contributed by atoms with Crippen molar-refractivity contribution >= 4 is 23.2 Å². The molecule has 2 rings (SSSR count). The zero-order valence-electron chi connectivity index (χ0n) is 14.4. The van der Waals surface area contributed by atoms with E-state index in [9.17, 15) is 9.18 Å². The molecule has 0 saturated heterocycles. The number of pyridine rings is 1. The summed E-state index contributed by atoms with van der Waals surface area (Å²) in [6, 6.07) is 6.30. The molecule has 0 aliphatic rings. The van der Waals surface area contributed by atoms with Gasteiger partial charge in [0.15, 0.2) is 11.6 Å². The number of carbonyl (C=O) groups is 1. The Balaban J connectivity index is 2.45. The van der Waals surface area contributed by atoms with Gasteiger partial charge in [0.2, 0.25) is 0 Å². The highest BCUT2D eigenvalue weighted by Crippen LogP contribution is 2.27. The number of aromatic nitrogens is 1. The topological polar surface area (TPSA) is 115 Å². The first-order valence-electron chi connectivity index (χ1n) is 7.73. The Morgan fingerprint density at radius 3 is 2.64 bits per heavy atom. The summed E-state index contributed by atoms with van der Waals surface area (Å²) >= 11 is 0. The van der Waals surface area contributed by atoms with E-state index in [0.717, 1.165) is 11.6 Å². The number of benzene rings is 1. The Morgan fingerprint density at radius 1 is 1.32 bits per heavy atom. The highest BCUT2D eigenvalue weighted by atomic mass is 19.1. The first kappa shape index (κ1) is 18.5. The molecule has 0 radical (unpaired) electrons. The SMILES string of the molecule is COc1cc(C)cc(Nc2nc(N[C@H](C)CN)c(F)cc2C(N)=O)c1. The average Bonchev–Trinajstić information content (AvgIpc) is 2.56. The minimum absolute atomic E-state index is 0.00920. The zero-order valence-corrected chi connectivity index (χ0v) is 14.4. The Hall–Kier alpha value is -2.87. The highest BCUT2D eigenvalue weighted by molar-refractivity contribution is 5.98. The smallest absolute Gasteiger partial charge is 0.252 e. The third kappa shape index (κ3) is 4.57. The summed E-state index contributed by atoms with van der Waals surface area (Å²) in [6.07, 6.45) is 0. The lowest BCUT2D eigenvalue weighted by molar-refractivity contribution is 0.100. The van der Waals surface area contributed by atoms with Crippen LogP contribution in [0.5, 0.6) is 5.75 Å². The summed E-state index contributed by atoms with van der Waals surface area (Å²) in [5.41, 5.74) is 12.4. The minimum atomic E-state index is -0.785. The molecule has 0 spiro atoms. The Bertz CT molecular complexity index is 782. The Kier molecular flexibility index (Phi) is 5.76. The zero-order chi connectivity index (χ0) is 18.6. The molecule has 25 heavy (non-hydrogen) atoms. The number of amides is 1. The molecule has 0 aliphatic carbocycles. The standard InChI is InChI=1S/C17H22FN5O2/c1-9-4-11(6-12(5-9)25-3)22-16-13(15(20)24)7-14(18)17(23-16)21-10(2)8-19/h4-7,10H,8,19H2,1-3H3,(H2,20,24)(H2,21,22,23)/t10-/m1/s1. The van der Waals surface area contributed by atoms with Crippen LogP contribution in [0.3, 0.4) is 0 Å². The van der Waals surface area contributed by atoms with Gasteiger partial charge in [0.25, 0.3) is 5.91 Å². The monoisotopic (exact) mass is 347 g/mol. The first-order chi connectivity index (χ1) is 11.8. The quantitative estimate of drug-likeness (QED) is 0.610. The number of hydrogen-bond acceptors (Lipinski definition) is 6. The van der Waals surface area contributed by atoms with Crippen LogP contribution in [0.15, 0.2) is 24.3 Å². The van der Waals surface area contributed by atoms with Gasteiger partial charge in [-0.15, -0.1) is 0 Å². The van der Waals surface area contributed by atoms with E-state index < -0.39 is 11.7 Å². The van der Waals surface area contributed by atoms with Crippen molar-refractivity contribution in [1.82, 2.24) is 4.98 Å². The number of rotatable bonds is 7. The maximum Gasteiger partial charge on any atom is 0.252 e. The lowest BCUT2D eigenvalue weighted by atomic mass is 10.2. The van der Waals surface area contributed by atoms with Gasteiger partial charge in [-0.3, -0.25) is 4.79 Å². The number of halogens is 1. The fraction of sp³-hybridized carbons (Fsp3) is 0.294. The molecule has 0 aliphatic heterocycles. The highest BCUT2D eigenvalue weighted by Gasteiger charge is 2.17. The van der Waals surface area contributed by atoms with Crippen molar-refractivity contribution in [2.24, 2.45) is 11.5 Å². The molecule has 0 bridgehead atoms. The van der Waals surface area contributed by atoms with Crippen molar-refractivity contribution in [2.75, 3.05) is 24.3 Å². The molecule has 1 aromatic carbocycles. The summed E-state index contributed by atoms with van der Waals surface area (Å²) < 4.78 is 19.4. The van der Waals surface area contributed by atoms with Crippen LogP contribution < -0.4 is 26.8 Å². The van der Waals surface area contributed by atoms with E-state index in [-0.39, 0.29) is 23.2 Å². The number of nitrogens with one attached hydrogen (secondary N) is 2. The summed E-state index contributed by atoms with van der Waals surface area (Å²) in [5, 5.41) is 5.86. The Labute approximate surface area is 145 Å². The van der Waals surface area contributed by atoms with Crippen molar-refractivity contribution in [3.8, 4) is 5.75 Å². The molecule has 1 amide bonds. The molecule has 1 atom stereocenters. The molecule has 0 fully saturated rings. The van der Waals surface area contributed by atoms with Gasteiger partial charge in [-0.25, -0.2) is 9.37 Å². The summed E-state index contributed by atoms with van der Waals surface area (Å²) in [5.74, 6) is -0.688. The number of nitrogens with two attached hydrogens (primary N) is 2. The number of anilines is 3. The van der Waals surface area contributed by atoms with Crippen LogP contribution in [-0.2, 0) is 0 Å². The number of methoxy groups -OCH3 is 1. The van der Waals surface area contributed by atoms with E-state index in [1.807, 2.05) is 19.1 Å². The number of hydrogen-bond donors (Lipinski definition) is 4. The summed E-state index contributed by atoms with van der Waals surface area (Å²) in [6.45, 7) is 3.99. The molecule has 7 nitrogen and oxygen atoms in total. The lowest BCUT2D eigenvalue weighted by Crippen LogP contribution is -2.26. The van der Waals surface area contributed by atoms with Gasteiger partial charge in [-0.1, -0.05) is 0 Å². The number of primary amides is 1. The van der Waals surface area contributed by atoms with E-state index in [1.54, 1.807) is 20.1 Å². The third-order valence-corrected chi connectivity index (χ3v) is 3.53. The van der Waals surface area contributed by atoms with E-state index in [1.165, 1.54) is 0 Å². The van der Waals surface area contributed by atoms with Crippen LogP contribution in [0, 0.1) is 12.7 Å². The second-order valence-electron chi connectivity index (χ2n) is 5.72. The van der Waals surface area contributed by atoms with Gasteiger partial charge in [0, 0.05) is 24.3 Å². The van der Waals surface area contributed by atoms with Crippen molar-refractivity contribution < 1.29 is 13.9 Å². The predicted octanol–water partition coefficient (Wildman–Crippen LogP) is 2.14. The largest absolute Gasteiger partial charge is 0.497 e. The van der Waals surface area contributed by atoms with Gasteiger partial charge in [0.1, 0.15) is 11.6 Å². The molecular formula is C17H22FN5O2. The molecule has 2 aromatic rings. The van der Waals surface area contributed by atoms with Crippen molar-refractivity contribution in [3.05, 3.63) is 41.2 Å². The third-order valence-electron chi connectivity index (χ3n) is 3.53. The molecule has 1 aromatic heterocycles. The molecule has 8 heteroatoms. The molecule has 0 unspecified atom stereocenters. The van der Waals surface area contributed by atoms with Crippen LogP contribution >= 0.6 is 0 Å². The first-order valence-corrected chi connectivity index (χ1v) is 7.73. The average molecular weight is 347 g/mol. The second-order valence-corrected chi connectivity index (χ2v) is 5.72. The fourth-order valence-electron chi connectivity index (χ4n) is 2.24. The molecule has 134 valence electrons. The number of ether oxygens (including phenoxy) is 1. The molecule has 1 heterocycles. The number of aryl methyl sites for hydroxylation is 1. The maximum absolute atomic E-state index is 14.2. The number of nitrogens with zero attached hydrogens (tertiary/aromatic N) is 1. The summed E-state index contributed by atoms with van der Waals surface area (Å²) in [4.78, 5) is 15.8. The Morgan fingerprint density at radius 2 is 2.04 bits per heavy atom. The van der Waals surface area contributed by atoms with Crippen molar-refractivity contribution in [3.63, 3.8) is 0 Å². The van der Waals surface area contributed by atoms with E-state index in [4.69, 9.17) is 16.2 Å². The molecule has 6 N–H and O–H groups in total. The van der Waals surface area contributed by atoms with Gasteiger partial charge in [0.05, 0.1) is 12.7 Å². The normalized spacial score (nSPS) is 11.7. The van der Waals surface area contributed by atoms with Crippen molar-refractivity contribution in [1.29, 1.82) is 0 Å². The van der Waals surface area contributed by atoms with Crippen LogP contribution in [0.1, 0.15) is 22.8 Å². The fourth-order valence-corrected chi connectivity index (χ4v) is 2.24. The van der Waals surface area contributed by atoms with E-state index in [0.29, 0.717) is 18.0 Å². The number of carbonyl (C=O) groups excluding carboxylic acids is 1. The van der Waals surface area contributed by atoms with Gasteiger partial charge in [-0.05, 0) is 37.6 Å². The van der Waals surface area contributed by atoms with Gasteiger partial charge >= 0.3 is 0 Å². The van der Waals surface area contributed by atoms with Crippen LogP contribution in [0.25, 0.3) is 0 Å². The van der Waals surface area contributed by atoms with E-state index in [2.05, 4.69) is 15.6 Å². The van der Waals surface area contributed by atoms with Gasteiger partial charge < -0.3 is 26.8 Å². The van der Waals surface area contributed by atoms with Gasteiger partial charge in [-0.2, -0.15) is 0 Å². The van der Waals surface area contributed by atoms with Crippen LogP contribution in [0.4, 0.5) is 21.7 Å². The van der Waals surface area contributed by atoms with E-state index >= 15 is 0 Å². The van der Waals surface area contributed by atoms with Crippen molar-refractivity contribution in [2.45, 2.75) is 19.9 Å².